The Morgan fingerprint density at radius 2 is 2.09 bits per heavy atom. The van der Waals surface area contributed by atoms with Gasteiger partial charge in [-0.25, -0.2) is 22.6 Å². The highest BCUT2D eigenvalue weighted by Gasteiger charge is 2.17. The summed E-state index contributed by atoms with van der Waals surface area (Å²) in [6, 6.07) is 5.13. The summed E-state index contributed by atoms with van der Waals surface area (Å²) in [6.07, 6.45) is 0. The summed E-state index contributed by atoms with van der Waals surface area (Å²) in [5, 5.41) is 4.27. The van der Waals surface area contributed by atoms with Crippen molar-refractivity contribution in [3.63, 3.8) is 0 Å². The van der Waals surface area contributed by atoms with E-state index >= 15 is 0 Å². The highest BCUT2D eigenvalue weighted by Crippen LogP contribution is 2.25. The van der Waals surface area contributed by atoms with E-state index in [1.807, 2.05) is 19.9 Å². The fourth-order valence-electron chi connectivity index (χ4n) is 1.96. The topological polar surface area (TPSA) is 89.2 Å². The zero-order valence-corrected chi connectivity index (χ0v) is 15.0. The Hall–Kier alpha value is -1.36. The van der Waals surface area contributed by atoms with E-state index < -0.39 is 10.0 Å². The van der Waals surface area contributed by atoms with Crippen LogP contribution in [0.4, 0.5) is 0 Å². The summed E-state index contributed by atoms with van der Waals surface area (Å²) in [7, 11) is -3.56. The van der Waals surface area contributed by atoms with Gasteiger partial charge in [0.1, 0.15) is 4.21 Å². The fraction of sp³-hybridized carbons (Fsp3) is 0.250. The molecule has 0 aliphatic carbocycles. The molecule has 0 unspecified atom stereocenters. The molecule has 0 radical (unpaired) electrons. The van der Waals surface area contributed by atoms with Crippen LogP contribution < -0.4 is 4.72 Å². The van der Waals surface area contributed by atoms with Crippen LogP contribution >= 0.6 is 27.3 Å². The van der Waals surface area contributed by atoms with Crippen LogP contribution in [0.2, 0.25) is 0 Å². The van der Waals surface area contributed by atoms with Crippen LogP contribution in [-0.2, 0) is 16.6 Å². The third-order valence-electron chi connectivity index (χ3n) is 2.90. The highest BCUT2D eigenvalue weighted by molar-refractivity contribution is 9.11. The molecular formula is C12H12BrN5O2S2. The number of aryl methyl sites for hydroxylation is 2. The molecule has 0 amide bonds. The highest BCUT2D eigenvalue weighted by atomic mass is 79.9. The minimum atomic E-state index is -3.56. The Balaban J connectivity index is 1.83. The lowest BCUT2D eigenvalue weighted by Gasteiger charge is -2.01. The summed E-state index contributed by atoms with van der Waals surface area (Å²) >= 11 is 4.40. The Labute approximate surface area is 139 Å². The van der Waals surface area contributed by atoms with Gasteiger partial charge in [-0.05, 0) is 48.0 Å². The van der Waals surface area contributed by atoms with Crippen molar-refractivity contribution in [3.8, 4) is 0 Å². The molecule has 3 aromatic heterocycles. The number of hydrogen-bond acceptors (Lipinski definition) is 6. The Bertz CT molecular complexity index is 948. The van der Waals surface area contributed by atoms with Crippen molar-refractivity contribution in [2.24, 2.45) is 0 Å². The molecule has 0 aromatic carbocycles. The second-order valence-corrected chi connectivity index (χ2v) is 9.12. The zero-order valence-electron chi connectivity index (χ0n) is 11.7. The predicted octanol–water partition coefficient (Wildman–Crippen LogP) is 2.04. The van der Waals surface area contributed by atoms with Gasteiger partial charge in [0.2, 0.25) is 10.0 Å². The fourth-order valence-corrected chi connectivity index (χ4v) is 4.99. The molecule has 3 aromatic rings. The van der Waals surface area contributed by atoms with E-state index in [4.69, 9.17) is 0 Å². The lowest BCUT2D eigenvalue weighted by Crippen LogP contribution is -2.23. The molecular weight excluding hydrogens is 390 g/mol. The van der Waals surface area contributed by atoms with Crippen molar-refractivity contribution >= 4 is 43.1 Å². The number of hydrogen-bond donors (Lipinski definition) is 1. The van der Waals surface area contributed by atoms with Crippen LogP contribution in [-0.4, -0.2) is 28.0 Å². The third kappa shape index (κ3) is 3.05. The molecule has 0 spiro atoms. The molecule has 0 bridgehead atoms. The van der Waals surface area contributed by atoms with Crippen molar-refractivity contribution in [1.82, 2.24) is 24.3 Å². The molecule has 0 atom stereocenters. The quantitative estimate of drug-likeness (QED) is 0.722. The summed E-state index contributed by atoms with van der Waals surface area (Å²) in [4.78, 5) is 8.52. The van der Waals surface area contributed by atoms with E-state index in [0.717, 1.165) is 26.5 Å². The average Bonchev–Trinajstić information content (AvgIpc) is 3.03. The van der Waals surface area contributed by atoms with Crippen LogP contribution in [0, 0.1) is 13.8 Å². The van der Waals surface area contributed by atoms with Crippen molar-refractivity contribution < 1.29 is 8.42 Å². The van der Waals surface area contributed by atoms with Gasteiger partial charge in [-0.1, -0.05) is 0 Å². The van der Waals surface area contributed by atoms with E-state index in [0.29, 0.717) is 11.6 Å². The summed E-state index contributed by atoms with van der Waals surface area (Å²) in [5.41, 5.74) is 1.74. The minimum Gasteiger partial charge on any atom is -0.216 e. The molecule has 1 N–H and O–H groups in total. The van der Waals surface area contributed by atoms with Gasteiger partial charge in [-0.15, -0.1) is 16.4 Å². The molecule has 0 saturated heterocycles. The molecule has 22 heavy (non-hydrogen) atoms. The maximum Gasteiger partial charge on any atom is 0.252 e. The van der Waals surface area contributed by atoms with Gasteiger partial charge in [0, 0.05) is 11.4 Å². The van der Waals surface area contributed by atoms with E-state index in [-0.39, 0.29) is 10.8 Å². The van der Waals surface area contributed by atoms with Gasteiger partial charge < -0.3 is 0 Å². The first-order valence-electron chi connectivity index (χ1n) is 6.30. The standard InChI is InChI=1S/C12H12BrN5O2S2/c1-7-5-8(2)18-12(15-7)16-10(17-18)6-14-22(19,20)11-4-3-9(13)21-11/h3-5,14H,6H2,1-2H3. The van der Waals surface area contributed by atoms with Crippen molar-refractivity contribution in [2.45, 2.75) is 24.6 Å². The second kappa shape index (κ2) is 5.69. The lowest BCUT2D eigenvalue weighted by molar-refractivity contribution is 0.581. The number of aromatic nitrogens is 4. The Morgan fingerprint density at radius 3 is 2.77 bits per heavy atom. The SMILES string of the molecule is Cc1cc(C)n2nc(CNS(=O)(=O)c3ccc(Br)s3)nc2n1. The first-order chi connectivity index (χ1) is 10.3. The lowest BCUT2D eigenvalue weighted by atomic mass is 10.4. The van der Waals surface area contributed by atoms with Crippen LogP contribution in [0.3, 0.4) is 0 Å². The number of thiophene rings is 1. The van der Waals surface area contributed by atoms with Crippen LogP contribution in [0.25, 0.3) is 5.78 Å². The third-order valence-corrected chi connectivity index (χ3v) is 6.41. The molecule has 0 fully saturated rings. The number of nitrogens with one attached hydrogen (secondary N) is 1. The van der Waals surface area contributed by atoms with Crippen LogP contribution in [0.5, 0.6) is 0 Å². The van der Waals surface area contributed by atoms with Gasteiger partial charge in [0.15, 0.2) is 5.82 Å². The van der Waals surface area contributed by atoms with Crippen molar-refractivity contribution in [3.05, 3.63) is 39.2 Å². The first-order valence-corrected chi connectivity index (χ1v) is 9.39. The van der Waals surface area contributed by atoms with E-state index in [1.54, 1.807) is 16.6 Å². The van der Waals surface area contributed by atoms with E-state index in [2.05, 4.69) is 35.7 Å². The molecule has 116 valence electrons. The minimum absolute atomic E-state index is 0.0136. The zero-order chi connectivity index (χ0) is 15.9. The number of fused-ring (bicyclic) bond motifs is 1. The van der Waals surface area contributed by atoms with Crippen LogP contribution in [0.1, 0.15) is 17.2 Å². The average molecular weight is 402 g/mol. The van der Waals surface area contributed by atoms with Gasteiger partial charge in [0.25, 0.3) is 5.78 Å². The normalized spacial score (nSPS) is 12.1. The molecule has 3 heterocycles. The van der Waals surface area contributed by atoms with Gasteiger partial charge >= 0.3 is 0 Å². The number of sulfonamides is 1. The maximum atomic E-state index is 12.2. The molecule has 3 rings (SSSR count). The first kappa shape index (κ1) is 15.5. The summed E-state index contributed by atoms with van der Waals surface area (Å²) in [6.45, 7) is 3.78. The molecule has 7 nitrogen and oxygen atoms in total. The smallest absolute Gasteiger partial charge is 0.216 e. The molecule has 0 aliphatic heterocycles. The monoisotopic (exact) mass is 401 g/mol. The van der Waals surface area contributed by atoms with Crippen LogP contribution in [0.15, 0.2) is 26.2 Å². The maximum absolute atomic E-state index is 12.2. The largest absolute Gasteiger partial charge is 0.252 e. The Morgan fingerprint density at radius 1 is 1.32 bits per heavy atom. The molecule has 10 heteroatoms. The van der Waals surface area contributed by atoms with Gasteiger partial charge in [-0.2, -0.15) is 4.98 Å². The van der Waals surface area contributed by atoms with Crippen molar-refractivity contribution in [1.29, 1.82) is 0 Å². The van der Waals surface area contributed by atoms with Gasteiger partial charge in [0.05, 0.1) is 10.3 Å². The predicted molar refractivity (Wildman–Crippen MR) is 86.3 cm³/mol. The summed E-state index contributed by atoms with van der Waals surface area (Å²) in [5.74, 6) is 0.839. The number of rotatable bonds is 4. The molecule has 0 aliphatic rings. The van der Waals surface area contributed by atoms with E-state index in [1.165, 1.54) is 0 Å². The number of nitrogens with zero attached hydrogens (tertiary/aromatic N) is 4. The second-order valence-electron chi connectivity index (χ2n) is 4.66. The summed E-state index contributed by atoms with van der Waals surface area (Å²) < 4.78 is 29.4. The van der Waals surface area contributed by atoms with Crippen molar-refractivity contribution in [2.75, 3.05) is 0 Å². The Kier molecular flexibility index (Phi) is 4.02. The number of halogens is 1. The van der Waals surface area contributed by atoms with Gasteiger partial charge in [-0.3, -0.25) is 0 Å². The van der Waals surface area contributed by atoms with E-state index in [9.17, 15) is 8.42 Å². The molecule has 0 saturated carbocycles.